The van der Waals surface area contributed by atoms with Gasteiger partial charge in [-0.3, -0.25) is 14.3 Å². The van der Waals surface area contributed by atoms with Crippen molar-refractivity contribution in [3.05, 3.63) is 54.1 Å². The fourth-order valence-electron chi connectivity index (χ4n) is 3.40. The number of hydrogen-bond acceptors (Lipinski definition) is 3. The quantitative estimate of drug-likeness (QED) is 0.910. The summed E-state index contributed by atoms with van der Waals surface area (Å²) < 4.78 is 15.4. The summed E-state index contributed by atoms with van der Waals surface area (Å²) in [7, 11) is 1.58. The van der Waals surface area contributed by atoms with Crippen LogP contribution < -0.4 is 5.32 Å². The second-order valence-electron chi connectivity index (χ2n) is 6.25. The van der Waals surface area contributed by atoms with Crippen LogP contribution in [0.4, 0.5) is 4.39 Å². The molecule has 0 bridgehead atoms. The van der Waals surface area contributed by atoms with E-state index in [-0.39, 0.29) is 24.8 Å². The van der Waals surface area contributed by atoms with Gasteiger partial charge in [0, 0.05) is 26.0 Å². The zero-order valence-electron chi connectivity index (χ0n) is 14.1. The smallest absolute Gasteiger partial charge is 0.249 e. The van der Waals surface area contributed by atoms with Crippen molar-refractivity contribution in [3.8, 4) is 0 Å². The van der Waals surface area contributed by atoms with E-state index in [4.69, 9.17) is 0 Å². The largest absolute Gasteiger partial charge is 0.357 e. The average Bonchev–Trinajstić information content (AvgIpc) is 3.18. The number of hydrogen-bond donors (Lipinski definition) is 1. The first-order chi connectivity index (χ1) is 12.1. The molecule has 2 heterocycles. The highest BCUT2D eigenvalue weighted by atomic mass is 19.1. The van der Waals surface area contributed by atoms with Gasteiger partial charge in [-0.1, -0.05) is 18.2 Å². The lowest BCUT2D eigenvalue weighted by Crippen LogP contribution is -2.59. The molecule has 1 aromatic carbocycles. The molecule has 6 nitrogen and oxygen atoms in total. The van der Waals surface area contributed by atoms with Gasteiger partial charge in [0.15, 0.2) is 5.54 Å². The van der Waals surface area contributed by atoms with Crippen molar-refractivity contribution in [1.82, 2.24) is 20.0 Å². The van der Waals surface area contributed by atoms with E-state index in [1.165, 1.54) is 6.07 Å². The number of amides is 2. The minimum atomic E-state index is -0.929. The molecule has 0 radical (unpaired) electrons. The van der Waals surface area contributed by atoms with Crippen LogP contribution in [0.3, 0.4) is 0 Å². The van der Waals surface area contributed by atoms with Crippen LogP contribution in [0.2, 0.25) is 0 Å². The predicted octanol–water partition coefficient (Wildman–Crippen LogP) is 1.33. The lowest BCUT2D eigenvalue weighted by molar-refractivity contribution is -0.140. The van der Waals surface area contributed by atoms with Crippen LogP contribution in [-0.2, 0) is 21.5 Å². The minimum Gasteiger partial charge on any atom is -0.357 e. The van der Waals surface area contributed by atoms with Crippen molar-refractivity contribution in [3.63, 3.8) is 0 Å². The Kier molecular flexibility index (Phi) is 4.83. The normalized spacial score (nSPS) is 20.3. The summed E-state index contributed by atoms with van der Waals surface area (Å²) >= 11 is 0. The lowest BCUT2D eigenvalue weighted by atomic mass is 9.87. The maximum atomic E-state index is 13.8. The highest BCUT2D eigenvalue weighted by Gasteiger charge is 2.45. The number of nitrogens with zero attached hydrogens (tertiary/aromatic N) is 3. The summed E-state index contributed by atoms with van der Waals surface area (Å²) in [5.41, 5.74) is -0.566. The van der Waals surface area contributed by atoms with Crippen LogP contribution in [0.15, 0.2) is 42.7 Å². The first kappa shape index (κ1) is 17.1. The molecule has 1 aromatic heterocycles. The van der Waals surface area contributed by atoms with Gasteiger partial charge in [-0.2, -0.15) is 5.10 Å². The van der Waals surface area contributed by atoms with Gasteiger partial charge in [-0.25, -0.2) is 4.39 Å². The predicted molar refractivity (Wildman–Crippen MR) is 90.2 cm³/mol. The summed E-state index contributed by atoms with van der Waals surface area (Å²) in [5, 5.41) is 6.92. The molecule has 1 unspecified atom stereocenters. The number of carbonyl (C=O) groups excluding carboxylic acids is 2. The van der Waals surface area contributed by atoms with Gasteiger partial charge in [-0.15, -0.1) is 0 Å². The Bertz CT molecular complexity index is 762. The third-order valence-electron chi connectivity index (χ3n) is 4.72. The van der Waals surface area contributed by atoms with Crippen molar-refractivity contribution in [1.29, 1.82) is 0 Å². The Hall–Kier alpha value is -2.70. The van der Waals surface area contributed by atoms with Gasteiger partial charge < -0.3 is 10.2 Å². The molecule has 1 aliphatic rings. The molecule has 1 aliphatic heterocycles. The molecule has 0 saturated carbocycles. The summed E-state index contributed by atoms with van der Waals surface area (Å²) in [4.78, 5) is 26.9. The average molecular weight is 344 g/mol. The maximum Gasteiger partial charge on any atom is 0.249 e. The number of rotatable bonds is 4. The van der Waals surface area contributed by atoms with E-state index in [1.54, 1.807) is 53.3 Å². The second-order valence-corrected chi connectivity index (χ2v) is 6.25. The number of carbonyl (C=O) groups is 2. The Morgan fingerprint density at radius 3 is 2.80 bits per heavy atom. The highest BCUT2D eigenvalue weighted by Crippen LogP contribution is 2.29. The maximum absolute atomic E-state index is 13.8. The lowest BCUT2D eigenvalue weighted by Gasteiger charge is -2.41. The van der Waals surface area contributed by atoms with Gasteiger partial charge >= 0.3 is 0 Å². The van der Waals surface area contributed by atoms with Gasteiger partial charge in [-0.05, 0) is 30.5 Å². The molecule has 3 rings (SSSR count). The molecule has 25 heavy (non-hydrogen) atoms. The van der Waals surface area contributed by atoms with Gasteiger partial charge in [0.2, 0.25) is 11.8 Å². The topological polar surface area (TPSA) is 67.2 Å². The molecule has 132 valence electrons. The number of likely N-dealkylation sites (tertiary alicyclic amines) is 1. The first-order valence-electron chi connectivity index (χ1n) is 8.30. The van der Waals surface area contributed by atoms with Crippen molar-refractivity contribution >= 4 is 11.8 Å². The summed E-state index contributed by atoms with van der Waals surface area (Å²) in [6.45, 7) is 0.773. The molecule has 7 heteroatoms. The van der Waals surface area contributed by atoms with E-state index >= 15 is 0 Å². The fourth-order valence-corrected chi connectivity index (χ4v) is 3.40. The first-order valence-corrected chi connectivity index (χ1v) is 8.30. The highest BCUT2D eigenvalue weighted by molar-refractivity contribution is 5.86. The molecule has 2 aromatic rings. The van der Waals surface area contributed by atoms with Gasteiger partial charge in [0.1, 0.15) is 5.82 Å². The number of aromatic nitrogens is 2. The molecular formula is C18H21FN4O2. The van der Waals surface area contributed by atoms with E-state index < -0.39 is 11.4 Å². The van der Waals surface area contributed by atoms with Crippen molar-refractivity contribution < 1.29 is 14.0 Å². The van der Waals surface area contributed by atoms with Crippen LogP contribution in [0.5, 0.6) is 0 Å². The fraction of sp³-hybridized carbons (Fsp3) is 0.389. The SMILES string of the molecule is CNC(=O)C1(n2cccn2)CCCN(C(=O)Cc2ccccc2F)C1. The van der Waals surface area contributed by atoms with Crippen LogP contribution in [0.25, 0.3) is 0 Å². The molecule has 0 spiro atoms. The molecule has 1 N–H and O–H groups in total. The van der Waals surface area contributed by atoms with Crippen molar-refractivity contribution in [2.75, 3.05) is 20.1 Å². The van der Waals surface area contributed by atoms with Crippen LogP contribution in [0, 0.1) is 5.82 Å². The Morgan fingerprint density at radius 2 is 2.12 bits per heavy atom. The van der Waals surface area contributed by atoms with Gasteiger partial charge in [0.05, 0.1) is 13.0 Å². The van der Waals surface area contributed by atoms with E-state index in [1.807, 2.05) is 0 Å². The molecule has 1 atom stereocenters. The summed E-state index contributed by atoms with van der Waals surface area (Å²) in [6.07, 6.45) is 4.61. The van der Waals surface area contributed by atoms with Gasteiger partial charge in [0.25, 0.3) is 0 Å². The zero-order valence-corrected chi connectivity index (χ0v) is 14.1. The Balaban J connectivity index is 1.83. The zero-order chi connectivity index (χ0) is 17.9. The molecular weight excluding hydrogens is 323 g/mol. The molecule has 1 fully saturated rings. The van der Waals surface area contributed by atoms with E-state index in [9.17, 15) is 14.0 Å². The molecule has 2 amide bonds. The van der Waals surface area contributed by atoms with Crippen LogP contribution >= 0.6 is 0 Å². The third-order valence-corrected chi connectivity index (χ3v) is 4.72. The Morgan fingerprint density at radius 1 is 1.32 bits per heavy atom. The number of halogens is 1. The monoisotopic (exact) mass is 344 g/mol. The third kappa shape index (κ3) is 3.26. The van der Waals surface area contributed by atoms with E-state index in [0.29, 0.717) is 24.9 Å². The molecule has 0 aliphatic carbocycles. The van der Waals surface area contributed by atoms with Crippen molar-refractivity contribution in [2.45, 2.75) is 24.8 Å². The summed E-state index contributed by atoms with van der Waals surface area (Å²) in [5.74, 6) is -0.762. The second kappa shape index (κ2) is 7.04. The van der Waals surface area contributed by atoms with Crippen LogP contribution in [0.1, 0.15) is 18.4 Å². The molecule has 1 saturated heterocycles. The van der Waals surface area contributed by atoms with Crippen LogP contribution in [-0.4, -0.2) is 46.6 Å². The number of nitrogens with one attached hydrogen (secondary N) is 1. The number of benzene rings is 1. The standard InChI is InChI=1S/C18H21FN4O2/c1-20-17(25)18(23-11-5-9-21-23)8-4-10-22(13-18)16(24)12-14-6-2-3-7-15(14)19/h2-3,5-7,9,11H,4,8,10,12-13H2,1H3,(H,20,25). The van der Waals surface area contributed by atoms with E-state index in [0.717, 1.165) is 0 Å². The number of piperidine rings is 1. The van der Waals surface area contributed by atoms with Crippen molar-refractivity contribution in [2.24, 2.45) is 0 Å². The number of likely N-dealkylation sites (N-methyl/N-ethyl adjacent to an activating group) is 1. The van der Waals surface area contributed by atoms with E-state index in [2.05, 4.69) is 10.4 Å². The Labute approximate surface area is 145 Å². The minimum absolute atomic E-state index is 0.0182. The summed E-state index contributed by atoms with van der Waals surface area (Å²) in [6, 6.07) is 8.01.